The van der Waals surface area contributed by atoms with E-state index in [2.05, 4.69) is 11.4 Å². The predicted octanol–water partition coefficient (Wildman–Crippen LogP) is 1.87. The molecule has 1 aliphatic rings. The van der Waals surface area contributed by atoms with E-state index in [0.29, 0.717) is 6.54 Å². The number of hydrogen-bond acceptors (Lipinski definition) is 2. The lowest BCUT2D eigenvalue weighted by molar-refractivity contribution is 0.184. The number of nitrogens with one attached hydrogen (secondary N) is 1. The van der Waals surface area contributed by atoms with E-state index in [9.17, 15) is 4.79 Å². The van der Waals surface area contributed by atoms with Crippen LogP contribution in [0.5, 0.6) is 0 Å². The van der Waals surface area contributed by atoms with Crippen molar-refractivity contribution in [3.05, 3.63) is 0 Å². The molecule has 84 valence electrons. The van der Waals surface area contributed by atoms with E-state index < -0.39 is 0 Å². The van der Waals surface area contributed by atoms with Crippen LogP contribution in [0.3, 0.4) is 0 Å². The van der Waals surface area contributed by atoms with Gasteiger partial charge in [0.1, 0.15) is 6.54 Å². The molecule has 0 unspecified atom stereocenters. The summed E-state index contributed by atoms with van der Waals surface area (Å²) in [6.07, 6.45) is 5.36. The highest BCUT2D eigenvalue weighted by Crippen LogP contribution is 2.23. The van der Waals surface area contributed by atoms with Crippen LogP contribution >= 0.6 is 0 Å². The molecule has 0 aliphatic heterocycles. The van der Waals surface area contributed by atoms with Gasteiger partial charge in [-0.25, -0.2) is 4.79 Å². The topological polar surface area (TPSA) is 56.1 Å². The van der Waals surface area contributed by atoms with Crippen LogP contribution in [-0.4, -0.2) is 30.1 Å². The zero-order valence-corrected chi connectivity index (χ0v) is 9.33. The van der Waals surface area contributed by atoms with Gasteiger partial charge in [-0.15, -0.1) is 0 Å². The number of nitriles is 1. The van der Waals surface area contributed by atoms with Gasteiger partial charge in [-0.3, -0.25) is 0 Å². The summed E-state index contributed by atoms with van der Waals surface area (Å²) in [5.74, 6) is 0. The molecule has 0 bridgehead atoms. The van der Waals surface area contributed by atoms with Crippen LogP contribution in [-0.2, 0) is 0 Å². The zero-order valence-electron chi connectivity index (χ0n) is 9.33. The molecule has 0 aromatic heterocycles. The summed E-state index contributed by atoms with van der Waals surface area (Å²) in [6, 6.07) is 2.27. The van der Waals surface area contributed by atoms with E-state index in [1.54, 1.807) is 4.90 Å². The molecule has 2 amide bonds. The van der Waals surface area contributed by atoms with E-state index in [-0.39, 0.29) is 18.6 Å². The molecule has 1 N–H and O–H groups in total. The number of urea groups is 1. The van der Waals surface area contributed by atoms with Gasteiger partial charge in [0.15, 0.2) is 0 Å². The summed E-state index contributed by atoms with van der Waals surface area (Å²) < 4.78 is 0. The monoisotopic (exact) mass is 209 g/mol. The largest absolute Gasteiger partial charge is 0.338 e. The van der Waals surface area contributed by atoms with Crippen LogP contribution in [0.25, 0.3) is 0 Å². The van der Waals surface area contributed by atoms with E-state index >= 15 is 0 Å². The Bertz CT molecular complexity index is 241. The zero-order chi connectivity index (χ0) is 11.1. The molecular formula is C11H19N3O. The molecule has 0 radical (unpaired) electrons. The highest BCUT2D eigenvalue weighted by molar-refractivity contribution is 5.74. The van der Waals surface area contributed by atoms with E-state index in [4.69, 9.17) is 5.26 Å². The van der Waals surface area contributed by atoms with E-state index in [1.807, 2.05) is 6.92 Å². The first kappa shape index (κ1) is 11.8. The highest BCUT2D eigenvalue weighted by atomic mass is 16.2. The van der Waals surface area contributed by atoms with Gasteiger partial charge in [0.2, 0.25) is 0 Å². The highest BCUT2D eigenvalue weighted by Gasteiger charge is 2.25. The van der Waals surface area contributed by atoms with Crippen molar-refractivity contribution in [2.45, 2.75) is 45.1 Å². The Morgan fingerprint density at radius 2 is 2.20 bits per heavy atom. The number of hydrogen-bond donors (Lipinski definition) is 1. The molecule has 1 fully saturated rings. The molecule has 1 aliphatic carbocycles. The van der Waals surface area contributed by atoms with Gasteiger partial charge in [0, 0.05) is 12.6 Å². The van der Waals surface area contributed by atoms with Crippen LogP contribution in [0.2, 0.25) is 0 Å². The average molecular weight is 209 g/mol. The van der Waals surface area contributed by atoms with E-state index in [0.717, 1.165) is 19.3 Å². The number of carbonyl (C=O) groups is 1. The summed E-state index contributed by atoms with van der Waals surface area (Å²) in [4.78, 5) is 13.4. The van der Waals surface area contributed by atoms with Crippen molar-refractivity contribution in [2.75, 3.05) is 13.1 Å². The summed E-state index contributed by atoms with van der Waals surface area (Å²) in [7, 11) is 0. The van der Waals surface area contributed by atoms with Gasteiger partial charge in [0.05, 0.1) is 6.07 Å². The fourth-order valence-electron chi connectivity index (χ4n) is 1.99. The first-order chi connectivity index (χ1) is 7.29. The lowest BCUT2D eigenvalue weighted by Gasteiger charge is -2.26. The maximum atomic E-state index is 11.7. The fourth-order valence-corrected chi connectivity index (χ4v) is 1.99. The molecule has 0 aromatic carbocycles. The third-order valence-corrected chi connectivity index (χ3v) is 2.79. The smallest absolute Gasteiger partial charge is 0.318 e. The number of amides is 2. The van der Waals surface area contributed by atoms with Gasteiger partial charge in [0.25, 0.3) is 0 Å². The van der Waals surface area contributed by atoms with Gasteiger partial charge in [-0.2, -0.15) is 5.26 Å². The lowest BCUT2D eigenvalue weighted by atomic mass is 10.2. The molecule has 1 rings (SSSR count). The summed E-state index contributed by atoms with van der Waals surface area (Å²) in [5.41, 5.74) is 0. The van der Waals surface area contributed by atoms with Gasteiger partial charge >= 0.3 is 6.03 Å². The van der Waals surface area contributed by atoms with Gasteiger partial charge in [-0.1, -0.05) is 19.8 Å². The van der Waals surface area contributed by atoms with Crippen LogP contribution < -0.4 is 5.32 Å². The molecule has 0 heterocycles. The minimum atomic E-state index is -0.0784. The first-order valence-electron chi connectivity index (χ1n) is 5.71. The quantitative estimate of drug-likeness (QED) is 0.719. The van der Waals surface area contributed by atoms with Crippen molar-refractivity contribution in [1.82, 2.24) is 10.2 Å². The third-order valence-electron chi connectivity index (χ3n) is 2.79. The van der Waals surface area contributed by atoms with Crippen molar-refractivity contribution < 1.29 is 4.79 Å². The molecule has 0 saturated heterocycles. The molecule has 15 heavy (non-hydrogen) atoms. The third kappa shape index (κ3) is 3.43. The second-order valence-electron chi connectivity index (χ2n) is 3.96. The predicted molar refractivity (Wildman–Crippen MR) is 58.3 cm³/mol. The average Bonchev–Trinajstić information content (AvgIpc) is 2.75. The Hall–Kier alpha value is -1.24. The van der Waals surface area contributed by atoms with Crippen LogP contribution in [0, 0.1) is 11.3 Å². The van der Waals surface area contributed by atoms with Gasteiger partial charge < -0.3 is 10.2 Å². The first-order valence-corrected chi connectivity index (χ1v) is 5.71. The Labute approximate surface area is 91.2 Å². The summed E-state index contributed by atoms with van der Waals surface area (Å²) >= 11 is 0. The Morgan fingerprint density at radius 1 is 1.53 bits per heavy atom. The van der Waals surface area contributed by atoms with Crippen molar-refractivity contribution in [3.8, 4) is 6.07 Å². The SMILES string of the molecule is CCCNC(=O)N(CC#N)C1CCCC1. The standard InChI is InChI=1S/C11H19N3O/c1-2-8-13-11(15)14(9-7-12)10-5-3-4-6-10/h10H,2-6,8-9H2,1H3,(H,13,15). The molecule has 0 aromatic rings. The van der Waals surface area contributed by atoms with Crippen molar-refractivity contribution in [3.63, 3.8) is 0 Å². The maximum absolute atomic E-state index is 11.7. The molecule has 0 atom stereocenters. The molecule has 1 saturated carbocycles. The fraction of sp³-hybridized carbons (Fsp3) is 0.818. The van der Waals surface area contributed by atoms with E-state index in [1.165, 1.54) is 12.8 Å². The second kappa shape index (κ2) is 6.28. The maximum Gasteiger partial charge on any atom is 0.318 e. The summed E-state index contributed by atoms with van der Waals surface area (Å²) in [6.45, 7) is 2.91. The van der Waals surface area contributed by atoms with Crippen molar-refractivity contribution in [2.24, 2.45) is 0 Å². The van der Waals surface area contributed by atoms with Crippen LogP contribution in [0.1, 0.15) is 39.0 Å². The Balaban J connectivity index is 2.48. The molecule has 4 nitrogen and oxygen atoms in total. The van der Waals surface area contributed by atoms with Crippen molar-refractivity contribution in [1.29, 1.82) is 5.26 Å². The number of nitrogens with zero attached hydrogens (tertiary/aromatic N) is 2. The molecular weight excluding hydrogens is 190 g/mol. The normalized spacial score (nSPS) is 16.0. The molecule has 4 heteroatoms. The number of carbonyl (C=O) groups excluding carboxylic acids is 1. The van der Waals surface area contributed by atoms with Crippen LogP contribution in [0.15, 0.2) is 0 Å². The lowest BCUT2D eigenvalue weighted by Crippen LogP contribution is -2.45. The van der Waals surface area contributed by atoms with Gasteiger partial charge in [-0.05, 0) is 19.3 Å². The number of rotatable bonds is 4. The Morgan fingerprint density at radius 3 is 2.73 bits per heavy atom. The second-order valence-corrected chi connectivity index (χ2v) is 3.96. The Kier molecular flexibility index (Phi) is 4.96. The van der Waals surface area contributed by atoms with Crippen molar-refractivity contribution >= 4 is 6.03 Å². The minimum absolute atomic E-state index is 0.0784. The minimum Gasteiger partial charge on any atom is -0.338 e. The molecule has 0 spiro atoms. The van der Waals surface area contributed by atoms with Crippen LogP contribution in [0.4, 0.5) is 4.79 Å². The summed E-state index contributed by atoms with van der Waals surface area (Å²) in [5, 5.41) is 11.5.